The number of anilines is 1. The molecule has 1 N–H and O–H groups in total. The molecule has 0 spiro atoms. The van der Waals surface area contributed by atoms with Crippen LogP contribution in [0, 0.1) is 0 Å². The molecular formula is C31H30ClN2O6S2+. The van der Waals surface area contributed by atoms with Gasteiger partial charge in [0.25, 0.3) is 19.2 Å². The molecule has 3 aromatic rings. The third-order valence-electron chi connectivity index (χ3n) is 9.47. The molecule has 11 heteroatoms. The number of halogens is 1. The zero-order valence-electron chi connectivity index (χ0n) is 22.9. The molecule has 0 fully saturated rings. The summed E-state index contributed by atoms with van der Waals surface area (Å²) in [5, 5.41) is 2.05. The number of aryl methyl sites for hydroxylation is 2. The number of benzene rings is 3. The van der Waals surface area contributed by atoms with Gasteiger partial charge < -0.3 is 9.64 Å². The van der Waals surface area contributed by atoms with Crippen LogP contribution in [0.4, 0.5) is 5.69 Å². The van der Waals surface area contributed by atoms with Crippen molar-refractivity contribution in [2.75, 3.05) is 31.1 Å². The topological polar surface area (TPSA) is 104 Å². The quantitative estimate of drug-likeness (QED) is 0.212. The minimum Gasteiger partial charge on any atom is -0.455 e. The van der Waals surface area contributed by atoms with Crippen LogP contribution in [0.25, 0.3) is 5.57 Å². The van der Waals surface area contributed by atoms with E-state index in [1.807, 2.05) is 0 Å². The highest BCUT2D eigenvalue weighted by molar-refractivity contribution is 8.13. The Labute approximate surface area is 249 Å². The van der Waals surface area contributed by atoms with Gasteiger partial charge in [-0.25, -0.2) is 13.0 Å². The van der Waals surface area contributed by atoms with E-state index >= 15 is 0 Å². The Hall–Kier alpha value is -2.92. The Morgan fingerprint density at radius 1 is 0.810 bits per heavy atom. The number of hydrogen-bond acceptors (Lipinski definition) is 6. The first-order valence-electron chi connectivity index (χ1n) is 14.6. The Morgan fingerprint density at radius 3 is 2.29 bits per heavy atom. The van der Waals surface area contributed by atoms with Crippen LogP contribution in [0.5, 0.6) is 11.5 Å². The van der Waals surface area contributed by atoms with E-state index < -0.39 is 24.1 Å². The average Bonchev–Trinajstić information content (AvgIpc) is 2.96. The van der Waals surface area contributed by atoms with Crippen molar-refractivity contribution in [3.05, 3.63) is 74.3 Å². The normalized spacial score (nSPS) is 19.0. The largest absolute Gasteiger partial charge is 0.455 e. The number of fused-ring (bicyclic) bond motifs is 4. The molecule has 0 atom stereocenters. The summed E-state index contributed by atoms with van der Waals surface area (Å²) in [6.07, 6.45) is 7.63. The summed E-state index contributed by atoms with van der Waals surface area (Å²) >= 11 is 0. The fraction of sp³-hybridized carbons (Fsp3) is 0.387. The summed E-state index contributed by atoms with van der Waals surface area (Å²) in [5.41, 5.74) is 7.76. The van der Waals surface area contributed by atoms with Crippen LogP contribution < -0.4 is 24.8 Å². The van der Waals surface area contributed by atoms with Crippen molar-refractivity contribution in [2.24, 2.45) is 0 Å². The molecule has 0 aromatic heterocycles. The minimum absolute atomic E-state index is 0.300. The summed E-state index contributed by atoms with van der Waals surface area (Å²) in [6.45, 7) is 4.02. The van der Waals surface area contributed by atoms with Gasteiger partial charge in [0, 0.05) is 75.3 Å². The van der Waals surface area contributed by atoms with Crippen molar-refractivity contribution in [1.82, 2.24) is 4.58 Å². The molecule has 0 radical (unpaired) electrons. The molecule has 0 amide bonds. The molecular weight excluding hydrogens is 596 g/mol. The summed E-state index contributed by atoms with van der Waals surface area (Å²) in [6, 6.07) is 7.95. The highest BCUT2D eigenvalue weighted by Gasteiger charge is 2.37. The molecule has 8 nitrogen and oxygen atoms in total. The Bertz CT molecular complexity index is 2080. The minimum atomic E-state index is -4.66. The van der Waals surface area contributed by atoms with Gasteiger partial charge in [0.05, 0.1) is 15.4 Å². The first-order valence-corrected chi connectivity index (χ1v) is 18.3. The second-order valence-electron chi connectivity index (χ2n) is 11.9. The number of hydrogen-bond donors (Lipinski definition) is 1. The van der Waals surface area contributed by atoms with Crippen LogP contribution in [0.1, 0.15) is 59.1 Å². The first kappa shape index (κ1) is 26.7. The molecule has 5 heterocycles. The van der Waals surface area contributed by atoms with Gasteiger partial charge in [-0.3, -0.25) is 4.55 Å². The molecule has 218 valence electrons. The predicted molar refractivity (Wildman–Crippen MR) is 160 cm³/mol. The molecule has 0 saturated heterocycles. The van der Waals surface area contributed by atoms with E-state index in [2.05, 4.69) is 21.6 Å². The van der Waals surface area contributed by atoms with E-state index in [0.717, 1.165) is 117 Å². The molecule has 0 bridgehead atoms. The smallest absolute Gasteiger partial charge is 0.294 e. The van der Waals surface area contributed by atoms with Crippen molar-refractivity contribution in [1.29, 1.82) is 0 Å². The maximum atomic E-state index is 13.0. The average molecular weight is 626 g/mol. The van der Waals surface area contributed by atoms with Gasteiger partial charge in [-0.2, -0.15) is 8.42 Å². The second-order valence-corrected chi connectivity index (χ2v) is 15.9. The van der Waals surface area contributed by atoms with Crippen LogP contribution in [0.2, 0.25) is 0 Å². The van der Waals surface area contributed by atoms with Gasteiger partial charge >= 0.3 is 0 Å². The van der Waals surface area contributed by atoms with E-state index in [1.165, 1.54) is 34.3 Å². The van der Waals surface area contributed by atoms with E-state index in [0.29, 0.717) is 11.1 Å². The van der Waals surface area contributed by atoms with Crippen LogP contribution in [-0.4, -0.2) is 47.6 Å². The summed E-state index contributed by atoms with van der Waals surface area (Å²) in [4.78, 5) is 1.57. The van der Waals surface area contributed by atoms with Crippen LogP contribution in [-0.2, 0) is 44.9 Å². The van der Waals surface area contributed by atoms with E-state index in [4.69, 9.17) is 15.4 Å². The maximum absolute atomic E-state index is 13.0. The molecule has 42 heavy (non-hydrogen) atoms. The second kappa shape index (κ2) is 9.29. The highest BCUT2D eigenvalue weighted by atomic mass is 35.7. The monoisotopic (exact) mass is 625 g/mol. The summed E-state index contributed by atoms with van der Waals surface area (Å²) in [7, 11) is -3.08. The van der Waals surface area contributed by atoms with Gasteiger partial charge in [-0.1, -0.05) is 6.07 Å². The lowest BCUT2D eigenvalue weighted by Gasteiger charge is -2.39. The van der Waals surface area contributed by atoms with Gasteiger partial charge in [0.15, 0.2) is 0 Å². The molecule has 0 aliphatic carbocycles. The highest BCUT2D eigenvalue weighted by Crippen LogP contribution is 2.49. The van der Waals surface area contributed by atoms with Gasteiger partial charge in [-0.15, -0.1) is 0 Å². The SMILES string of the molecule is O=S(=O)(O)c1ccc(C2=c3cc4c5c(c3Oc3c2cc2c6c3CCCN6CCC2)CCC[N+]=5CCC4)c(S(=O)(=O)Cl)c1. The van der Waals surface area contributed by atoms with Crippen molar-refractivity contribution >= 4 is 41.1 Å². The number of rotatable bonds is 3. The predicted octanol–water partition coefficient (Wildman–Crippen LogP) is 3.30. The van der Waals surface area contributed by atoms with Crippen LogP contribution in [0.15, 0.2) is 40.1 Å². The Kier molecular flexibility index (Phi) is 5.90. The summed E-state index contributed by atoms with van der Waals surface area (Å²) < 4.78 is 69.4. The van der Waals surface area contributed by atoms with E-state index in [9.17, 15) is 21.4 Å². The van der Waals surface area contributed by atoms with E-state index in [1.54, 1.807) is 0 Å². The zero-order chi connectivity index (χ0) is 29.0. The van der Waals surface area contributed by atoms with Gasteiger partial charge in [0.2, 0.25) is 5.36 Å². The molecule has 0 unspecified atom stereocenters. The van der Waals surface area contributed by atoms with Crippen LogP contribution >= 0.6 is 10.7 Å². The van der Waals surface area contributed by atoms with Crippen LogP contribution in [0.3, 0.4) is 0 Å². The molecule has 8 rings (SSSR count). The van der Waals surface area contributed by atoms with Gasteiger partial charge in [0.1, 0.15) is 24.6 Å². The fourth-order valence-corrected chi connectivity index (χ4v) is 9.54. The molecule has 5 aliphatic heterocycles. The standard InChI is InChI=1S/C31H29ClN2O6S2/c32-41(35,36)26-17-20(42(37,38)39)9-10-21(26)27-24-15-18-5-1-11-33-13-3-7-22(28(18)33)30(24)40-31-23-8-4-14-34-12-2-6-19(29(23)34)16-25(27)31/h9-10,15-17H,1-8,11-14H2/p+1. The molecule has 3 aromatic carbocycles. The lowest BCUT2D eigenvalue weighted by Crippen LogP contribution is -2.45. The molecule has 0 saturated carbocycles. The van der Waals surface area contributed by atoms with Crippen molar-refractivity contribution in [3.8, 4) is 11.5 Å². The van der Waals surface area contributed by atoms with Crippen molar-refractivity contribution in [2.45, 2.75) is 61.2 Å². The van der Waals surface area contributed by atoms with Crippen molar-refractivity contribution < 1.29 is 26.1 Å². The first-order chi connectivity index (χ1) is 20.1. The summed E-state index contributed by atoms with van der Waals surface area (Å²) in [5.74, 6) is 1.51. The third-order valence-corrected chi connectivity index (χ3v) is 11.7. The lowest BCUT2D eigenvalue weighted by atomic mass is 9.82. The number of nitrogens with zero attached hydrogens (tertiary/aromatic N) is 2. The van der Waals surface area contributed by atoms with Crippen molar-refractivity contribution in [3.63, 3.8) is 0 Å². The maximum Gasteiger partial charge on any atom is 0.294 e. The molecule has 5 aliphatic rings. The lowest BCUT2D eigenvalue weighted by molar-refractivity contribution is 0.431. The Morgan fingerprint density at radius 2 is 1.52 bits per heavy atom. The number of ether oxygens (including phenoxy) is 1. The van der Waals surface area contributed by atoms with Gasteiger partial charge in [-0.05, 0) is 68.4 Å². The fourth-order valence-electron chi connectivity index (χ4n) is 7.88. The van der Waals surface area contributed by atoms with E-state index in [-0.39, 0.29) is 4.90 Å². The Balaban J connectivity index is 1.55. The third kappa shape index (κ3) is 3.98. The zero-order valence-corrected chi connectivity index (χ0v) is 25.3.